The topological polar surface area (TPSA) is 64.0 Å². The van der Waals surface area contributed by atoms with Crippen LogP contribution < -0.4 is 4.74 Å². The van der Waals surface area contributed by atoms with Gasteiger partial charge in [0, 0.05) is 19.6 Å². The van der Waals surface area contributed by atoms with Crippen LogP contribution in [0.2, 0.25) is 0 Å². The summed E-state index contributed by atoms with van der Waals surface area (Å²) >= 11 is 0. The van der Waals surface area contributed by atoms with E-state index < -0.39 is 0 Å². The smallest absolute Gasteiger partial charge is 0.119 e. The molecule has 0 aliphatic heterocycles. The lowest BCUT2D eigenvalue weighted by molar-refractivity contribution is 0.00677. The molecule has 0 aliphatic carbocycles. The van der Waals surface area contributed by atoms with Crippen molar-refractivity contribution in [2.45, 2.75) is 0 Å². The molecule has 0 radical (unpaired) electrons. The Kier molecular flexibility index (Phi) is 13.6. The van der Waals surface area contributed by atoms with Crippen molar-refractivity contribution in [3.63, 3.8) is 0 Å². The molecule has 148 valence electrons. The first kappa shape index (κ1) is 22.9. The third kappa shape index (κ3) is 11.9. The number of ether oxygens (including phenoxy) is 4. The van der Waals surface area contributed by atoms with Crippen LogP contribution in [-0.4, -0.2) is 70.8 Å². The number of hydrogen-bond acceptors (Lipinski definition) is 6. The first-order chi connectivity index (χ1) is 13.3. The van der Waals surface area contributed by atoms with Gasteiger partial charge < -0.3 is 18.9 Å². The summed E-state index contributed by atoms with van der Waals surface area (Å²) in [5.74, 6) is 0.728. The molecule has 0 heterocycles. The van der Waals surface area contributed by atoms with Crippen LogP contribution in [0.15, 0.2) is 49.6 Å². The van der Waals surface area contributed by atoms with Crippen molar-refractivity contribution >= 4 is 0 Å². The molecule has 0 fully saturated rings. The monoisotopic (exact) mass is 374 g/mol. The molecule has 6 nitrogen and oxygen atoms in total. The Morgan fingerprint density at radius 2 is 1.33 bits per heavy atom. The lowest BCUT2D eigenvalue weighted by Gasteiger charge is -2.18. The van der Waals surface area contributed by atoms with E-state index in [0.717, 1.165) is 25.4 Å². The zero-order valence-corrected chi connectivity index (χ0v) is 16.0. The zero-order chi connectivity index (χ0) is 19.6. The second kappa shape index (κ2) is 16.0. The maximum absolute atomic E-state index is 8.73. The molecule has 1 aromatic rings. The number of nitriles is 1. The summed E-state index contributed by atoms with van der Waals surface area (Å²) in [4.78, 5) is 2.20. The largest absolute Gasteiger partial charge is 0.491 e. The fourth-order valence-corrected chi connectivity index (χ4v) is 2.20. The van der Waals surface area contributed by atoms with Crippen LogP contribution in [0.4, 0.5) is 0 Å². The van der Waals surface area contributed by atoms with E-state index in [1.807, 2.05) is 12.2 Å². The molecular formula is C21H30N2O4. The molecule has 6 heteroatoms. The molecule has 1 rings (SSSR count). The highest BCUT2D eigenvalue weighted by molar-refractivity contribution is 5.34. The summed E-state index contributed by atoms with van der Waals surface area (Å²) < 4.78 is 22.0. The van der Waals surface area contributed by atoms with Crippen molar-refractivity contribution in [2.24, 2.45) is 0 Å². The Bertz CT molecular complexity index is 544. The van der Waals surface area contributed by atoms with Gasteiger partial charge >= 0.3 is 0 Å². The summed E-state index contributed by atoms with van der Waals surface area (Å²) in [7, 11) is 0. The molecule has 0 saturated heterocycles. The highest BCUT2D eigenvalue weighted by Crippen LogP contribution is 2.11. The normalized spacial score (nSPS) is 10.5. The van der Waals surface area contributed by atoms with E-state index in [1.54, 1.807) is 24.3 Å². The number of hydrogen-bond donors (Lipinski definition) is 0. The van der Waals surface area contributed by atoms with Gasteiger partial charge in [-0.15, -0.1) is 13.2 Å². The van der Waals surface area contributed by atoms with Gasteiger partial charge in [0.05, 0.1) is 51.3 Å². The molecule has 0 saturated carbocycles. The lowest BCUT2D eigenvalue weighted by atomic mass is 10.2. The maximum Gasteiger partial charge on any atom is 0.119 e. The maximum atomic E-state index is 8.73. The fourth-order valence-electron chi connectivity index (χ4n) is 2.20. The van der Waals surface area contributed by atoms with Crippen molar-refractivity contribution in [1.82, 2.24) is 4.90 Å². The van der Waals surface area contributed by atoms with E-state index in [1.165, 1.54) is 0 Å². The van der Waals surface area contributed by atoms with Crippen LogP contribution in [0.5, 0.6) is 5.75 Å². The minimum atomic E-state index is 0.459. The van der Waals surface area contributed by atoms with Crippen LogP contribution in [-0.2, 0) is 14.2 Å². The van der Waals surface area contributed by atoms with Gasteiger partial charge in [0.15, 0.2) is 0 Å². The number of rotatable bonds is 17. The quantitative estimate of drug-likeness (QED) is 0.309. The molecule has 0 N–H and O–H groups in total. The van der Waals surface area contributed by atoms with Gasteiger partial charge in [0.2, 0.25) is 0 Å². The Morgan fingerprint density at radius 3 is 1.85 bits per heavy atom. The summed E-state index contributed by atoms with van der Waals surface area (Å²) in [6, 6.07) is 9.07. The molecule has 1 aromatic carbocycles. The van der Waals surface area contributed by atoms with Gasteiger partial charge in [0.25, 0.3) is 0 Å². The van der Waals surface area contributed by atoms with Gasteiger partial charge in [-0.1, -0.05) is 12.2 Å². The summed E-state index contributed by atoms with van der Waals surface area (Å²) in [6.07, 6.45) is 3.75. The van der Waals surface area contributed by atoms with Crippen LogP contribution in [0.1, 0.15) is 5.56 Å². The van der Waals surface area contributed by atoms with E-state index in [4.69, 9.17) is 24.2 Å². The minimum Gasteiger partial charge on any atom is -0.491 e. The SMILES string of the molecule is C=CCN(CC=C)CCOCCOCCOCCOc1ccc(C#N)cc1. The van der Waals surface area contributed by atoms with E-state index in [0.29, 0.717) is 51.8 Å². The Balaban J connectivity index is 1.88. The second-order valence-corrected chi connectivity index (χ2v) is 5.66. The van der Waals surface area contributed by atoms with Crippen molar-refractivity contribution in [1.29, 1.82) is 5.26 Å². The number of benzene rings is 1. The lowest BCUT2D eigenvalue weighted by Crippen LogP contribution is -2.28. The predicted octanol–water partition coefficient (Wildman–Crippen LogP) is 2.66. The Hall–Kier alpha value is -2.17. The first-order valence-electron chi connectivity index (χ1n) is 9.10. The highest BCUT2D eigenvalue weighted by Gasteiger charge is 2.00. The van der Waals surface area contributed by atoms with Crippen LogP contribution in [0.25, 0.3) is 0 Å². The molecular weight excluding hydrogens is 344 g/mol. The van der Waals surface area contributed by atoms with E-state index >= 15 is 0 Å². The summed E-state index contributed by atoms with van der Waals surface area (Å²) in [5.41, 5.74) is 0.616. The second-order valence-electron chi connectivity index (χ2n) is 5.66. The third-order valence-electron chi connectivity index (χ3n) is 3.55. The van der Waals surface area contributed by atoms with E-state index in [2.05, 4.69) is 24.1 Å². The van der Waals surface area contributed by atoms with Crippen molar-refractivity contribution in [2.75, 3.05) is 65.9 Å². The third-order valence-corrected chi connectivity index (χ3v) is 3.55. The number of nitrogens with zero attached hydrogens (tertiary/aromatic N) is 2. The van der Waals surface area contributed by atoms with Gasteiger partial charge in [-0.3, -0.25) is 4.90 Å². The molecule has 0 atom stereocenters. The summed E-state index contributed by atoms with van der Waals surface area (Å²) in [5, 5.41) is 8.73. The van der Waals surface area contributed by atoms with Crippen LogP contribution >= 0.6 is 0 Å². The van der Waals surface area contributed by atoms with Crippen LogP contribution in [0.3, 0.4) is 0 Å². The molecule has 0 aliphatic rings. The minimum absolute atomic E-state index is 0.459. The van der Waals surface area contributed by atoms with Gasteiger partial charge in [-0.25, -0.2) is 0 Å². The average Bonchev–Trinajstić information content (AvgIpc) is 2.69. The average molecular weight is 374 g/mol. The molecule has 0 unspecified atom stereocenters. The van der Waals surface area contributed by atoms with Gasteiger partial charge in [0.1, 0.15) is 12.4 Å². The van der Waals surface area contributed by atoms with Gasteiger partial charge in [-0.2, -0.15) is 5.26 Å². The van der Waals surface area contributed by atoms with Crippen LogP contribution in [0, 0.1) is 11.3 Å². The van der Waals surface area contributed by atoms with Crippen molar-refractivity contribution in [3.05, 3.63) is 55.1 Å². The summed E-state index contributed by atoms with van der Waals surface area (Å²) in [6.45, 7) is 13.8. The molecule has 0 spiro atoms. The predicted molar refractivity (Wildman–Crippen MR) is 106 cm³/mol. The van der Waals surface area contributed by atoms with E-state index in [9.17, 15) is 0 Å². The fraction of sp³-hybridized carbons (Fsp3) is 0.476. The highest BCUT2D eigenvalue weighted by atomic mass is 16.6. The first-order valence-corrected chi connectivity index (χ1v) is 9.10. The molecule has 0 aromatic heterocycles. The zero-order valence-electron chi connectivity index (χ0n) is 16.0. The Morgan fingerprint density at radius 1 is 0.815 bits per heavy atom. The van der Waals surface area contributed by atoms with Gasteiger partial charge in [-0.05, 0) is 24.3 Å². The Labute approximate surface area is 162 Å². The van der Waals surface area contributed by atoms with E-state index in [-0.39, 0.29) is 0 Å². The van der Waals surface area contributed by atoms with Crippen molar-refractivity contribution < 1.29 is 18.9 Å². The molecule has 0 amide bonds. The standard InChI is InChI=1S/C21H30N2O4/c1-3-9-23(10-4-2)11-12-24-13-14-25-15-16-26-17-18-27-21-7-5-20(19-22)6-8-21/h3-8H,1-2,9-18H2. The molecule has 27 heavy (non-hydrogen) atoms. The molecule has 0 bridgehead atoms. The van der Waals surface area contributed by atoms with Crippen molar-refractivity contribution in [3.8, 4) is 11.8 Å².